The first-order chi connectivity index (χ1) is 7.25. The maximum atomic E-state index is 4.23. The zero-order chi connectivity index (χ0) is 10.7. The van der Waals surface area contributed by atoms with E-state index < -0.39 is 0 Å². The van der Waals surface area contributed by atoms with Gasteiger partial charge in [0.05, 0.1) is 3.57 Å². The summed E-state index contributed by atoms with van der Waals surface area (Å²) in [4.78, 5) is 8.21. The van der Waals surface area contributed by atoms with E-state index in [0.29, 0.717) is 0 Å². The van der Waals surface area contributed by atoms with Crippen LogP contribution in [0.25, 0.3) is 0 Å². The van der Waals surface area contributed by atoms with Crippen molar-refractivity contribution in [3.05, 3.63) is 16.1 Å². The Kier molecular flexibility index (Phi) is 3.77. The first-order valence-corrected chi connectivity index (χ1v) is 6.53. The third kappa shape index (κ3) is 3.03. The van der Waals surface area contributed by atoms with Crippen LogP contribution in [0.15, 0.2) is 12.5 Å². The van der Waals surface area contributed by atoms with Gasteiger partial charge < -0.3 is 5.32 Å². The molecule has 0 radical (unpaired) electrons. The maximum Gasteiger partial charge on any atom is 0.142 e. The molecule has 1 aliphatic carbocycles. The summed E-state index contributed by atoms with van der Waals surface area (Å²) in [6, 6.07) is 0. The van der Waals surface area contributed by atoms with Gasteiger partial charge in [0.2, 0.25) is 0 Å². The molecule has 0 aliphatic heterocycles. The number of rotatable bonds is 3. The van der Waals surface area contributed by atoms with Crippen LogP contribution >= 0.6 is 22.6 Å². The minimum absolute atomic E-state index is 0.825. The minimum Gasteiger partial charge on any atom is -0.369 e. The molecule has 1 saturated carbocycles. The van der Waals surface area contributed by atoms with Gasteiger partial charge in [-0.2, -0.15) is 0 Å². The lowest BCUT2D eigenvalue weighted by Gasteiger charge is -2.12. The Morgan fingerprint density at radius 3 is 3.07 bits per heavy atom. The van der Waals surface area contributed by atoms with Crippen LogP contribution in [0.4, 0.5) is 5.82 Å². The molecule has 1 fully saturated rings. The smallest absolute Gasteiger partial charge is 0.142 e. The third-order valence-corrected chi connectivity index (χ3v) is 3.82. The van der Waals surface area contributed by atoms with Crippen molar-refractivity contribution >= 4 is 28.4 Å². The van der Waals surface area contributed by atoms with Gasteiger partial charge in [-0.25, -0.2) is 9.97 Å². The highest BCUT2D eigenvalue weighted by atomic mass is 127. The normalized spacial score (nSPS) is 25.5. The van der Waals surface area contributed by atoms with Crippen molar-refractivity contribution in [1.29, 1.82) is 0 Å². The lowest BCUT2D eigenvalue weighted by atomic mass is 10.1. The van der Waals surface area contributed by atoms with Crippen LogP contribution in [-0.2, 0) is 0 Å². The summed E-state index contributed by atoms with van der Waals surface area (Å²) >= 11 is 2.26. The summed E-state index contributed by atoms with van der Waals surface area (Å²) in [7, 11) is 0. The van der Waals surface area contributed by atoms with Gasteiger partial charge in [0.25, 0.3) is 0 Å². The molecule has 0 bridgehead atoms. The number of nitrogens with zero attached hydrogens (tertiary/aromatic N) is 2. The molecule has 1 heterocycles. The molecule has 1 aromatic rings. The Hall–Kier alpha value is -0.390. The zero-order valence-electron chi connectivity index (χ0n) is 8.91. The molecule has 1 N–H and O–H groups in total. The van der Waals surface area contributed by atoms with E-state index in [1.165, 1.54) is 19.3 Å². The van der Waals surface area contributed by atoms with Crippen molar-refractivity contribution in [2.24, 2.45) is 11.8 Å². The molecule has 0 spiro atoms. The molecule has 4 heteroatoms. The van der Waals surface area contributed by atoms with Crippen LogP contribution in [0, 0.1) is 15.4 Å². The van der Waals surface area contributed by atoms with Gasteiger partial charge >= 0.3 is 0 Å². The van der Waals surface area contributed by atoms with Crippen LogP contribution in [-0.4, -0.2) is 16.5 Å². The van der Waals surface area contributed by atoms with Crippen LogP contribution in [0.1, 0.15) is 26.2 Å². The molecular weight excluding hydrogens is 301 g/mol. The van der Waals surface area contributed by atoms with Gasteiger partial charge in [0, 0.05) is 12.7 Å². The first-order valence-electron chi connectivity index (χ1n) is 5.45. The quantitative estimate of drug-likeness (QED) is 0.871. The fraction of sp³-hybridized carbons (Fsp3) is 0.636. The van der Waals surface area contributed by atoms with E-state index >= 15 is 0 Å². The van der Waals surface area contributed by atoms with Gasteiger partial charge in [-0.05, 0) is 47.3 Å². The second-order valence-corrected chi connectivity index (χ2v) is 5.55. The van der Waals surface area contributed by atoms with Crippen molar-refractivity contribution in [2.45, 2.75) is 26.2 Å². The van der Waals surface area contributed by atoms with Crippen LogP contribution in [0.3, 0.4) is 0 Å². The molecule has 82 valence electrons. The predicted octanol–water partition coefficient (Wildman–Crippen LogP) is 2.93. The van der Waals surface area contributed by atoms with E-state index in [-0.39, 0.29) is 0 Å². The molecule has 15 heavy (non-hydrogen) atoms. The average Bonchev–Trinajstić information content (AvgIpc) is 2.63. The van der Waals surface area contributed by atoms with Gasteiger partial charge in [-0.15, -0.1) is 0 Å². The van der Waals surface area contributed by atoms with E-state index in [0.717, 1.165) is 27.8 Å². The Morgan fingerprint density at radius 2 is 2.40 bits per heavy atom. The fourth-order valence-corrected chi connectivity index (χ4v) is 2.68. The monoisotopic (exact) mass is 317 g/mol. The van der Waals surface area contributed by atoms with Crippen LogP contribution in [0.5, 0.6) is 0 Å². The first kappa shape index (κ1) is 11.1. The van der Waals surface area contributed by atoms with Crippen LogP contribution in [0.2, 0.25) is 0 Å². The maximum absolute atomic E-state index is 4.23. The largest absolute Gasteiger partial charge is 0.369 e. The summed E-state index contributed by atoms with van der Waals surface area (Å²) in [5.41, 5.74) is 0. The second kappa shape index (κ2) is 5.09. The van der Waals surface area contributed by atoms with Crippen molar-refractivity contribution < 1.29 is 0 Å². The Morgan fingerprint density at radius 1 is 1.53 bits per heavy atom. The average molecular weight is 317 g/mol. The molecule has 0 amide bonds. The second-order valence-electron chi connectivity index (χ2n) is 4.38. The number of anilines is 1. The number of nitrogens with one attached hydrogen (secondary N) is 1. The molecule has 1 aromatic heterocycles. The van der Waals surface area contributed by atoms with Gasteiger partial charge in [-0.3, -0.25) is 0 Å². The Bertz CT molecular complexity index is 329. The third-order valence-electron chi connectivity index (χ3n) is 3.03. The Balaban J connectivity index is 1.86. The van der Waals surface area contributed by atoms with Crippen molar-refractivity contribution in [1.82, 2.24) is 9.97 Å². The number of halogens is 1. The van der Waals surface area contributed by atoms with E-state index in [1.807, 2.05) is 6.20 Å². The van der Waals surface area contributed by atoms with Gasteiger partial charge in [0.1, 0.15) is 12.1 Å². The highest BCUT2D eigenvalue weighted by Gasteiger charge is 2.21. The summed E-state index contributed by atoms with van der Waals surface area (Å²) < 4.78 is 1.10. The fourth-order valence-electron chi connectivity index (χ4n) is 2.19. The van der Waals surface area contributed by atoms with Gasteiger partial charge in [-0.1, -0.05) is 13.3 Å². The van der Waals surface area contributed by atoms with Crippen LogP contribution < -0.4 is 5.32 Å². The topological polar surface area (TPSA) is 37.8 Å². The van der Waals surface area contributed by atoms with E-state index in [2.05, 4.69) is 44.8 Å². The van der Waals surface area contributed by atoms with Crippen molar-refractivity contribution in [3.63, 3.8) is 0 Å². The molecule has 2 unspecified atom stereocenters. The number of aromatic nitrogens is 2. The predicted molar refractivity (Wildman–Crippen MR) is 69.7 cm³/mol. The SMILES string of the molecule is CC1CCC(CNc2ncncc2I)C1. The minimum atomic E-state index is 0.825. The van der Waals surface area contributed by atoms with E-state index in [1.54, 1.807) is 6.33 Å². The molecule has 3 nitrogen and oxygen atoms in total. The Labute approximate surface area is 104 Å². The standard InChI is InChI=1S/C11H16IN3/c1-8-2-3-9(4-8)5-14-11-10(12)6-13-7-15-11/h6-9H,2-5H2,1H3,(H,13,14,15). The summed E-state index contributed by atoms with van der Waals surface area (Å²) in [6.45, 7) is 3.39. The molecule has 1 aliphatic rings. The summed E-state index contributed by atoms with van der Waals surface area (Å²) in [5, 5.41) is 3.42. The highest BCUT2D eigenvalue weighted by molar-refractivity contribution is 14.1. The number of hydrogen-bond acceptors (Lipinski definition) is 3. The van der Waals surface area contributed by atoms with E-state index in [9.17, 15) is 0 Å². The van der Waals surface area contributed by atoms with Gasteiger partial charge in [0.15, 0.2) is 0 Å². The molecule has 0 aromatic carbocycles. The molecule has 2 rings (SSSR count). The molecular formula is C11H16IN3. The van der Waals surface area contributed by atoms with Crippen molar-refractivity contribution in [2.75, 3.05) is 11.9 Å². The summed E-state index contributed by atoms with van der Waals surface area (Å²) in [5.74, 6) is 2.71. The highest BCUT2D eigenvalue weighted by Crippen LogP contribution is 2.30. The molecule has 2 atom stereocenters. The number of hydrogen-bond donors (Lipinski definition) is 1. The lowest BCUT2D eigenvalue weighted by molar-refractivity contribution is 0.536. The lowest BCUT2D eigenvalue weighted by Crippen LogP contribution is -2.13. The van der Waals surface area contributed by atoms with Crippen molar-refractivity contribution in [3.8, 4) is 0 Å². The molecule has 0 saturated heterocycles. The summed E-state index contributed by atoms with van der Waals surface area (Å²) in [6.07, 6.45) is 7.53. The van der Waals surface area contributed by atoms with E-state index in [4.69, 9.17) is 0 Å². The zero-order valence-corrected chi connectivity index (χ0v) is 11.1.